The predicted octanol–water partition coefficient (Wildman–Crippen LogP) is 6.11. The predicted molar refractivity (Wildman–Crippen MR) is 125 cm³/mol. The minimum Gasteiger partial charge on any atom is -0.434 e. The molecule has 10 nitrogen and oxygen atoms in total. The van der Waals surface area contributed by atoms with E-state index in [2.05, 4.69) is 13.8 Å². The van der Waals surface area contributed by atoms with E-state index < -0.39 is 20.1 Å². The van der Waals surface area contributed by atoms with Crippen molar-refractivity contribution >= 4 is 20.1 Å². The van der Waals surface area contributed by atoms with Crippen LogP contribution in [0.4, 0.5) is 9.59 Å². The fourth-order valence-corrected chi connectivity index (χ4v) is 3.51. The Morgan fingerprint density at radius 2 is 0.879 bits per heavy atom. The maximum absolute atomic E-state index is 11.9. The number of nitrogens with two attached hydrogens (primary N) is 1. The lowest BCUT2D eigenvalue weighted by Crippen LogP contribution is -2.16. The van der Waals surface area contributed by atoms with Crippen molar-refractivity contribution in [3.63, 3.8) is 0 Å². The van der Waals surface area contributed by atoms with E-state index in [0.29, 0.717) is 13.2 Å². The Balaban J connectivity index is 3.58. The van der Waals surface area contributed by atoms with Crippen LogP contribution in [0, 0.1) is 0 Å². The first-order chi connectivity index (χ1) is 15.9. The van der Waals surface area contributed by atoms with Crippen LogP contribution >= 0.6 is 7.75 Å². The fraction of sp³-hybridized carbons (Fsp3) is 0.909. The van der Waals surface area contributed by atoms with E-state index in [9.17, 15) is 14.2 Å². The van der Waals surface area contributed by atoms with Crippen LogP contribution in [0.5, 0.6) is 0 Å². The minimum absolute atomic E-state index is 0.179. The molecular weight excluding hydrogens is 453 g/mol. The molecule has 0 fully saturated rings. The van der Waals surface area contributed by atoms with E-state index in [0.717, 1.165) is 38.5 Å². The molecule has 0 aromatic heterocycles. The van der Waals surface area contributed by atoms with E-state index in [1.54, 1.807) is 0 Å². The average molecular weight is 498 g/mol. The number of rotatable bonds is 22. The highest BCUT2D eigenvalue weighted by Gasteiger charge is 2.19. The molecule has 0 aliphatic rings. The molecule has 0 aliphatic heterocycles. The van der Waals surface area contributed by atoms with E-state index in [4.69, 9.17) is 33.5 Å². The summed E-state index contributed by atoms with van der Waals surface area (Å²) >= 11 is 0. The van der Waals surface area contributed by atoms with Crippen molar-refractivity contribution in [3.8, 4) is 0 Å². The van der Waals surface area contributed by atoms with Crippen molar-refractivity contribution in [2.24, 2.45) is 5.50 Å². The largest absolute Gasteiger partial charge is 0.508 e. The first-order valence-electron chi connectivity index (χ1n) is 12.2. The zero-order valence-electron chi connectivity index (χ0n) is 20.4. The molecule has 0 aromatic carbocycles. The zero-order chi connectivity index (χ0) is 24.6. The smallest absolute Gasteiger partial charge is 0.434 e. The Bertz CT molecular complexity index is 492. The molecule has 2 N–H and O–H groups in total. The van der Waals surface area contributed by atoms with Gasteiger partial charge in [-0.1, -0.05) is 78.1 Å². The first-order valence-corrected chi connectivity index (χ1v) is 13.8. The summed E-state index contributed by atoms with van der Waals surface area (Å²) in [6.45, 7) is 4.11. The Hall–Kier alpha value is -1.35. The standard InChI is InChI=1S/C22H44NO9P/c1-3-5-7-9-11-13-15-27-21(24)29-17-19-31-33(23,26)32-20-18-30-22(25)28-16-14-12-10-8-6-4-2/h3-20H2,1-2H3,(H2,23,26). The maximum Gasteiger partial charge on any atom is 0.508 e. The van der Waals surface area contributed by atoms with Crippen molar-refractivity contribution in [2.45, 2.75) is 90.9 Å². The number of hydrogen-bond acceptors (Lipinski definition) is 9. The fourth-order valence-electron chi connectivity index (χ4n) is 2.78. The summed E-state index contributed by atoms with van der Waals surface area (Å²) in [5, 5.41) is 0. The van der Waals surface area contributed by atoms with Crippen LogP contribution in [0.25, 0.3) is 0 Å². The monoisotopic (exact) mass is 497 g/mol. The molecule has 0 spiro atoms. The number of carbonyl (C=O) groups is 2. The summed E-state index contributed by atoms with van der Waals surface area (Å²) < 4.78 is 41.2. The summed E-state index contributed by atoms with van der Waals surface area (Å²) in [6.07, 6.45) is 11.4. The van der Waals surface area contributed by atoms with Crippen molar-refractivity contribution < 1.29 is 42.1 Å². The van der Waals surface area contributed by atoms with Gasteiger partial charge in [-0.25, -0.2) is 19.7 Å². The quantitative estimate of drug-likeness (QED) is 0.106. The second kappa shape index (κ2) is 22.4. The van der Waals surface area contributed by atoms with Gasteiger partial charge in [0, 0.05) is 0 Å². The van der Waals surface area contributed by atoms with Crippen molar-refractivity contribution in [3.05, 3.63) is 0 Å². The third kappa shape index (κ3) is 23.6. The Labute approximate surface area is 198 Å². The third-order valence-corrected chi connectivity index (χ3v) is 5.67. The van der Waals surface area contributed by atoms with Crippen LogP contribution in [0.3, 0.4) is 0 Å². The Morgan fingerprint density at radius 1 is 0.545 bits per heavy atom. The normalized spacial score (nSPS) is 11.2. The summed E-state index contributed by atoms with van der Waals surface area (Å²) in [4.78, 5) is 22.9. The molecule has 0 aliphatic carbocycles. The lowest BCUT2D eigenvalue weighted by atomic mass is 10.1. The number of ether oxygens (including phenoxy) is 4. The number of hydrogen-bond donors (Lipinski definition) is 1. The summed E-state index contributed by atoms with van der Waals surface area (Å²) in [5.74, 6) is 0. The number of unbranched alkanes of at least 4 members (excludes halogenated alkanes) is 10. The van der Waals surface area contributed by atoms with Gasteiger partial charge in [0.2, 0.25) is 0 Å². The van der Waals surface area contributed by atoms with Gasteiger partial charge in [-0.05, 0) is 12.8 Å². The van der Waals surface area contributed by atoms with Crippen molar-refractivity contribution in [1.82, 2.24) is 0 Å². The van der Waals surface area contributed by atoms with Crippen LogP contribution in [-0.4, -0.2) is 52.0 Å². The average Bonchev–Trinajstić information content (AvgIpc) is 2.78. The van der Waals surface area contributed by atoms with Gasteiger partial charge in [-0.3, -0.25) is 9.05 Å². The Morgan fingerprint density at radius 3 is 1.27 bits per heavy atom. The molecular formula is C22H44NO9P. The molecule has 11 heteroatoms. The molecule has 0 saturated carbocycles. The molecule has 0 amide bonds. The summed E-state index contributed by atoms with van der Waals surface area (Å²) in [7, 11) is -3.86. The van der Waals surface area contributed by atoms with Crippen LogP contribution in [-0.2, 0) is 32.6 Å². The number of carbonyl (C=O) groups excluding carboxylic acids is 2. The third-order valence-electron chi connectivity index (χ3n) is 4.58. The minimum atomic E-state index is -3.86. The molecule has 0 bridgehead atoms. The van der Waals surface area contributed by atoms with E-state index in [-0.39, 0.29) is 26.4 Å². The molecule has 0 aromatic rings. The van der Waals surface area contributed by atoms with Crippen LogP contribution in [0.2, 0.25) is 0 Å². The van der Waals surface area contributed by atoms with Gasteiger partial charge in [0.25, 0.3) is 0 Å². The second-order valence-electron chi connectivity index (χ2n) is 7.64. The lowest BCUT2D eigenvalue weighted by molar-refractivity contribution is 0.0372. The SMILES string of the molecule is CCCCCCCCOC(=O)OCCOP(N)(=O)OCCOC(=O)OCCCCCCCC. The highest BCUT2D eigenvalue weighted by atomic mass is 31.2. The molecule has 196 valence electrons. The van der Waals surface area contributed by atoms with Gasteiger partial charge in [0.1, 0.15) is 13.2 Å². The maximum atomic E-state index is 11.9. The van der Waals surface area contributed by atoms with Gasteiger partial charge in [-0.2, -0.15) is 0 Å². The molecule has 0 atom stereocenters. The van der Waals surface area contributed by atoms with Gasteiger partial charge in [0.05, 0.1) is 26.4 Å². The molecule has 0 rings (SSSR count). The highest BCUT2D eigenvalue weighted by molar-refractivity contribution is 7.51. The van der Waals surface area contributed by atoms with Gasteiger partial charge in [-0.15, -0.1) is 0 Å². The zero-order valence-corrected chi connectivity index (χ0v) is 21.3. The first kappa shape index (κ1) is 31.6. The van der Waals surface area contributed by atoms with Gasteiger partial charge in [0.15, 0.2) is 0 Å². The van der Waals surface area contributed by atoms with Gasteiger partial charge < -0.3 is 18.9 Å². The van der Waals surface area contributed by atoms with Crippen molar-refractivity contribution in [1.29, 1.82) is 0 Å². The highest BCUT2D eigenvalue weighted by Crippen LogP contribution is 2.38. The van der Waals surface area contributed by atoms with Crippen molar-refractivity contribution in [2.75, 3.05) is 39.6 Å². The van der Waals surface area contributed by atoms with E-state index in [1.165, 1.54) is 38.5 Å². The molecule has 0 saturated heterocycles. The molecule has 0 heterocycles. The molecule has 0 radical (unpaired) electrons. The summed E-state index contributed by atoms with van der Waals surface area (Å²) in [5.41, 5.74) is 5.41. The van der Waals surface area contributed by atoms with Crippen LogP contribution in [0.1, 0.15) is 90.9 Å². The van der Waals surface area contributed by atoms with E-state index >= 15 is 0 Å². The van der Waals surface area contributed by atoms with Crippen LogP contribution in [0.15, 0.2) is 0 Å². The molecule has 0 unspecified atom stereocenters. The topological polar surface area (TPSA) is 133 Å². The Kier molecular flexibility index (Phi) is 21.5. The summed E-state index contributed by atoms with van der Waals surface area (Å²) in [6, 6.07) is 0. The van der Waals surface area contributed by atoms with E-state index in [1.807, 2.05) is 0 Å². The second-order valence-corrected chi connectivity index (χ2v) is 9.23. The lowest BCUT2D eigenvalue weighted by Gasteiger charge is -2.13. The van der Waals surface area contributed by atoms with Gasteiger partial charge >= 0.3 is 20.1 Å². The van der Waals surface area contributed by atoms with Crippen LogP contribution < -0.4 is 5.50 Å². The molecule has 33 heavy (non-hydrogen) atoms.